The second-order valence-electron chi connectivity index (χ2n) is 5.83. The molecule has 1 N–H and O–H groups in total. The van der Waals surface area contributed by atoms with Crippen molar-refractivity contribution >= 4 is 52.7 Å². The summed E-state index contributed by atoms with van der Waals surface area (Å²) in [5, 5.41) is 2.52. The molecule has 0 aliphatic heterocycles. The molecule has 4 rings (SSSR count). The zero-order valence-electron chi connectivity index (χ0n) is 14.7. The Balaban J connectivity index is 0.000000242. The summed E-state index contributed by atoms with van der Waals surface area (Å²) < 4.78 is 68.0. The van der Waals surface area contributed by atoms with E-state index >= 15 is 0 Å². The highest BCUT2D eigenvalue weighted by Crippen LogP contribution is 2.34. The summed E-state index contributed by atoms with van der Waals surface area (Å²) in [6.45, 7) is 0. The number of rotatable bonds is 1. The van der Waals surface area contributed by atoms with Crippen LogP contribution >= 0.6 is 11.3 Å². The number of aryl methyl sites for hydroxylation is 1. The molecule has 28 heavy (non-hydrogen) atoms. The van der Waals surface area contributed by atoms with Gasteiger partial charge in [-0.3, -0.25) is 4.55 Å². The van der Waals surface area contributed by atoms with E-state index in [4.69, 9.17) is 17.7 Å². The third kappa shape index (κ3) is 3.62. The monoisotopic (exact) mass is 430 g/mol. The standard InChI is InChI=1S/C17H14NOS.CHF3O3S/c1-18-16-11(6-5-8-13(16)19-2)10-15-17(18)12-7-3-4-9-14(12)20-15;2-1(3,4)8(5,6)7/h3-10H,1-2H3;(H,5,6,7)/q+1;. The fraction of sp³-hybridized carbons (Fsp3) is 0.167. The summed E-state index contributed by atoms with van der Waals surface area (Å²) in [5.74, 6) is 0.919. The lowest BCUT2D eigenvalue weighted by Gasteiger charge is -2.04. The zero-order valence-corrected chi connectivity index (χ0v) is 16.3. The first-order chi connectivity index (χ1) is 13.0. The summed E-state index contributed by atoms with van der Waals surface area (Å²) >= 11 is 1.84. The largest absolute Gasteiger partial charge is 0.522 e. The fourth-order valence-electron chi connectivity index (χ4n) is 2.93. The fourth-order valence-corrected chi connectivity index (χ4v) is 4.11. The minimum Gasteiger partial charge on any atom is -0.490 e. The summed E-state index contributed by atoms with van der Waals surface area (Å²) in [6.07, 6.45) is 0. The van der Waals surface area contributed by atoms with E-state index < -0.39 is 15.6 Å². The van der Waals surface area contributed by atoms with E-state index in [0.29, 0.717) is 0 Å². The predicted octanol–water partition coefficient (Wildman–Crippen LogP) is 4.43. The molecule has 0 aliphatic rings. The molecule has 0 aliphatic carbocycles. The average molecular weight is 430 g/mol. The molecule has 0 fully saturated rings. The molecule has 10 heteroatoms. The molecule has 2 aromatic carbocycles. The van der Waals surface area contributed by atoms with Crippen LogP contribution < -0.4 is 9.30 Å². The van der Waals surface area contributed by atoms with Crippen molar-refractivity contribution < 1.29 is 35.4 Å². The Morgan fingerprint density at radius 1 is 1.04 bits per heavy atom. The molecule has 5 nitrogen and oxygen atoms in total. The van der Waals surface area contributed by atoms with E-state index in [9.17, 15) is 13.2 Å². The molecule has 2 aromatic heterocycles. The van der Waals surface area contributed by atoms with Crippen molar-refractivity contribution in [3.63, 3.8) is 0 Å². The first-order valence-electron chi connectivity index (χ1n) is 7.85. The van der Waals surface area contributed by atoms with Crippen molar-refractivity contribution in [3.05, 3.63) is 48.5 Å². The van der Waals surface area contributed by atoms with E-state index in [-0.39, 0.29) is 0 Å². The Bertz CT molecular complexity index is 1280. The predicted molar refractivity (Wildman–Crippen MR) is 102 cm³/mol. The van der Waals surface area contributed by atoms with Crippen LogP contribution in [0, 0.1) is 0 Å². The first kappa shape index (κ1) is 20.3. The minimum absolute atomic E-state index is 0.919. The van der Waals surface area contributed by atoms with Crippen LogP contribution in [0.15, 0.2) is 48.5 Å². The number of hydrogen-bond donors (Lipinski definition) is 1. The van der Waals surface area contributed by atoms with Gasteiger partial charge in [0.15, 0.2) is 5.75 Å². The van der Waals surface area contributed by atoms with E-state index in [1.165, 1.54) is 25.7 Å². The topological polar surface area (TPSA) is 67.5 Å². The first-order valence-corrected chi connectivity index (χ1v) is 10.1. The van der Waals surface area contributed by atoms with Crippen LogP contribution in [-0.4, -0.2) is 25.6 Å². The Morgan fingerprint density at radius 3 is 2.29 bits per heavy atom. The normalized spacial score (nSPS) is 12.2. The lowest BCUT2D eigenvalue weighted by Crippen LogP contribution is -2.30. The summed E-state index contributed by atoms with van der Waals surface area (Å²) in [5.41, 5.74) is -3.11. The third-order valence-electron chi connectivity index (χ3n) is 4.10. The van der Waals surface area contributed by atoms with Gasteiger partial charge >= 0.3 is 15.6 Å². The minimum atomic E-state index is -5.84. The van der Waals surface area contributed by atoms with Crippen molar-refractivity contribution in [1.29, 1.82) is 0 Å². The molecule has 0 saturated carbocycles. The SMILES string of the molecule is COc1cccc2cc3sc4ccccc4c3[n+](C)c12.O=S(=O)(O)C(F)(F)F. The van der Waals surface area contributed by atoms with Gasteiger partial charge in [-0.1, -0.05) is 18.2 Å². The maximum absolute atomic E-state index is 10.7. The Hall–Kier alpha value is -2.43. The van der Waals surface area contributed by atoms with Crippen LogP contribution in [0.4, 0.5) is 13.2 Å². The number of halogens is 3. The van der Waals surface area contributed by atoms with Gasteiger partial charge in [-0.15, -0.1) is 11.3 Å². The maximum atomic E-state index is 10.7. The Kier molecular flexibility index (Phi) is 5.22. The second-order valence-corrected chi connectivity index (χ2v) is 8.33. The molecule has 0 amide bonds. The second kappa shape index (κ2) is 7.19. The number of hydrogen-bond acceptors (Lipinski definition) is 4. The van der Waals surface area contributed by atoms with E-state index in [0.717, 1.165) is 11.3 Å². The van der Waals surface area contributed by atoms with Crippen LogP contribution in [-0.2, 0) is 17.2 Å². The molecule has 0 unspecified atom stereocenters. The average Bonchev–Trinajstić information content (AvgIpc) is 2.98. The van der Waals surface area contributed by atoms with Gasteiger partial charge < -0.3 is 4.74 Å². The molecule has 4 aromatic rings. The number of alkyl halides is 3. The number of ether oxygens (including phenoxy) is 1. The van der Waals surface area contributed by atoms with Crippen molar-refractivity contribution in [2.24, 2.45) is 7.05 Å². The number of para-hydroxylation sites is 1. The van der Waals surface area contributed by atoms with Gasteiger partial charge in [0.25, 0.3) is 5.52 Å². The number of benzene rings is 2. The zero-order chi connectivity index (χ0) is 20.7. The summed E-state index contributed by atoms with van der Waals surface area (Å²) in [4.78, 5) is 0. The van der Waals surface area contributed by atoms with Gasteiger partial charge in [0.05, 0.1) is 17.9 Å². The quantitative estimate of drug-likeness (QED) is 0.276. The van der Waals surface area contributed by atoms with Crippen molar-refractivity contribution in [2.45, 2.75) is 5.51 Å². The van der Waals surface area contributed by atoms with Gasteiger partial charge in [0, 0.05) is 4.70 Å². The number of pyridine rings is 1. The van der Waals surface area contributed by atoms with Crippen LogP contribution in [0.3, 0.4) is 0 Å². The van der Waals surface area contributed by atoms with Gasteiger partial charge in [0.2, 0.25) is 5.52 Å². The molecule has 0 spiro atoms. The molecular weight excluding hydrogens is 415 g/mol. The molecule has 0 saturated heterocycles. The molecule has 2 heterocycles. The van der Waals surface area contributed by atoms with Crippen LogP contribution in [0.2, 0.25) is 0 Å². The highest BCUT2D eigenvalue weighted by molar-refractivity contribution is 7.86. The smallest absolute Gasteiger partial charge is 0.490 e. The number of fused-ring (bicyclic) bond motifs is 4. The van der Waals surface area contributed by atoms with Crippen molar-refractivity contribution in [3.8, 4) is 5.75 Å². The van der Waals surface area contributed by atoms with E-state index in [1.807, 2.05) is 23.5 Å². The van der Waals surface area contributed by atoms with Crippen LogP contribution in [0.5, 0.6) is 5.75 Å². The van der Waals surface area contributed by atoms with E-state index in [2.05, 4.69) is 48.0 Å². The summed E-state index contributed by atoms with van der Waals surface area (Å²) in [7, 11) is -2.00. The molecule has 148 valence electrons. The number of thiophene rings is 1. The molecule has 0 bridgehead atoms. The van der Waals surface area contributed by atoms with Gasteiger partial charge in [-0.2, -0.15) is 26.2 Å². The molecule has 0 atom stereocenters. The number of nitrogens with zero attached hydrogens (tertiary/aromatic N) is 1. The summed E-state index contributed by atoms with van der Waals surface area (Å²) in [6, 6.07) is 17.0. The van der Waals surface area contributed by atoms with Crippen molar-refractivity contribution in [2.75, 3.05) is 7.11 Å². The van der Waals surface area contributed by atoms with E-state index in [1.54, 1.807) is 7.11 Å². The highest BCUT2D eigenvalue weighted by Gasteiger charge is 2.44. The third-order valence-corrected chi connectivity index (χ3v) is 5.79. The Labute approximate surface area is 162 Å². The molecular formula is C18H15F3NO4S2+. The number of aromatic nitrogens is 1. The van der Waals surface area contributed by atoms with Crippen molar-refractivity contribution in [1.82, 2.24) is 0 Å². The Morgan fingerprint density at radius 2 is 1.68 bits per heavy atom. The lowest BCUT2D eigenvalue weighted by molar-refractivity contribution is -0.617. The van der Waals surface area contributed by atoms with Gasteiger partial charge in [-0.05, 0) is 30.3 Å². The number of methoxy groups -OCH3 is 1. The highest BCUT2D eigenvalue weighted by atomic mass is 32.2. The van der Waals surface area contributed by atoms with Crippen LogP contribution in [0.1, 0.15) is 0 Å². The van der Waals surface area contributed by atoms with Gasteiger partial charge in [0.1, 0.15) is 11.7 Å². The maximum Gasteiger partial charge on any atom is 0.522 e. The van der Waals surface area contributed by atoms with Gasteiger partial charge in [-0.25, -0.2) is 0 Å². The van der Waals surface area contributed by atoms with Crippen LogP contribution in [0.25, 0.3) is 31.2 Å². The lowest BCUT2D eigenvalue weighted by atomic mass is 10.1. The molecule has 0 radical (unpaired) electrons.